The van der Waals surface area contributed by atoms with Crippen LogP contribution in [0.25, 0.3) is 10.8 Å². The van der Waals surface area contributed by atoms with E-state index in [-0.39, 0.29) is 49.6 Å². The summed E-state index contributed by atoms with van der Waals surface area (Å²) in [5.41, 5.74) is 5.64. The highest BCUT2D eigenvalue weighted by Crippen LogP contribution is 2.21. The third kappa shape index (κ3) is 6.85. The Morgan fingerprint density at radius 2 is 1.92 bits per heavy atom. The molecule has 5 N–H and O–H groups in total. The Balaban J connectivity index is 1.56. The topological polar surface area (TPSA) is 169 Å². The van der Waals surface area contributed by atoms with Crippen LogP contribution in [0.15, 0.2) is 47.4 Å². The number of sulfonamides is 1. The van der Waals surface area contributed by atoms with Gasteiger partial charge in [-0.15, -0.1) is 0 Å². The maximum atomic E-state index is 13.6. The van der Waals surface area contributed by atoms with Gasteiger partial charge in [-0.3, -0.25) is 15.0 Å². The van der Waals surface area contributed by atoms with Crippen molar-refractivity contribution in [2.24, 2.45) is 5.73 Å². The molecule has 2 aromatic rings. The van der Waals surface area contributed by atoms with Gasteiger partial charge in [0.15, 0.2) is 5.96 Å². The number of rotatable bonds is 8. The van der Waals surface area contributed by atoms with E-state index in [4.69, 9.17) is 15.9 Å². The highest BCUT2D eigenvalue weighted by molar-refractivity contribution is 7.89. The molecule has 13 heteroatoms. The van der Waals surface area contributed by atoms with Crippen molar-refractivity contribution >= 4 is 38.6 Å². The molecule has 3 unspecified atom stereocenters. The number of carbonyl (C=O) groups excluding carboxylic acids is 2. The molecule has 2 heterocycles. The fourth-order valence-electron chi connectivity index (χ4n) is 5.03. The molecule has 2 aliphatic rings. The number of likely N-dealkylation sites (tertiary alicyclic amines) is 1. The molecule has 0 aromatic heterocycles. The van der Waals surface area contributed by atoms with Crippen molar-refractivity contribution in [2.45, 2.75) is 42.3 Å². The Bertz CT molecular complexity index is 1320. The molecular weight excluding hydrogens is 524 g/mol. The van der Waals surface area contributed by atoms with Crippen LogP contribution in [0.5, 0.6) is 0 Å². The van der Waals surface area contributed by atoms with E-state index in [1.165, 1.54) is 21.9 Å². The smallest absolute Gasteiger partial charge is 0.241 e. The van der Waals surface area contributed by atoms with Crippen molar-refractivity contribution in [3.63, 3.8) is 0 Å². The number of likely N-dealkylation sites (N-methyl/N-ethyl adjacent to an activating group) is 1. The molecule has 212 valence electrons. The van der Waals surface area contributed by atoms with Crippen molar-refractivity contribution in [3.05, 3.63) is 42.5 Å². The number of aliphatic hydroxyl groups is 1. The van der Waals surface area contributed by atoms with Crippen molar-refractivity contribution in [3.8, 4) is 0 Å². The number of hydrogen-bond acceptors (Lipinski definition) is 7. The number of piperidine rings is 1. The second-order valence-corrected chi connectivity index (χ2v) is 11.7. The van der Waals surface area contributed by atoms with Gasteiger partial charge in [0.1, 0.15) is 6.04 Å². The van der Waals surface area contributed by atoms with Gasteiger partial charge in [-0.2, -0.15) is 4.72 Å². The molecule has 0 saturated carbocycles. The molecule has 39 heavy (non-hydrogen) atoms. The quantitative estimate of drug-likeness (QED) is 0.257. The molecule has 2 fully saturated rings. The highest BCUT2D eigenvalue weighted by Gasteiger charge is 2.36. The lowest BCUT2D eigenvalue weighted by Crippen LogP contribution is -2.56. The Hall–Kier alpha value is -3.26. The average molecular weight is 561 g/mol. The lowest BCUT2D eigenvalue weighted by molar-refractivity contribution is -0.145. The Labute approximate surface area is 228 Å². The molecule has 4 rings (SSSR count). The van der Waals surface area contributed by atoms with Crippen molar-refractivity contribution < 1.29 is 27.9 Å². The van der Waals surface area contributed by atoms with Crippen LogP contribution in [0.3, 0.4) is 0 Å². The summed E-state index contributed by atoms with van der Waals surface area (Å²) >= 11 is 0. The first-order valence-corrected chi connectivity index (χ1v) is 14.4. The van der Waals surface area contributed by atoms with Gasteiger partial charge >= 0.3 is 0 Å². The van der Waals surface area contributed by atoms with Crippen LogP contribution in [0.4, 0.5) is 0 Å². The first-order chi connectivity index (χ1) is 18.6. The van der Waals surface area contributed by atoms with E-state index in [1.54, 1.807) is 24.1 Å². The standard InChI is InChI=1S/C26H36N6O6S/c1-30(20-7-4-10-32(15-20)26(27)28)24(34)14-23(25(35)31-11-12-38-21(16-31)17-33)29-39(36,37)22-9-8-18-5-2-3-6-19(18)13-22/h2-3,5-6,8-9,13,20-21,23,29,33H,4,7,10-12,14-17H2,1H3,(H3,27,28). The lowest BCUT2D eigenvalue weighted by Gasteiger charge is -2.38. The lowest BCUT2D eigenvalue weighted by atomic mass is 10.0. The number of guanidine groups is 1. The summed E-state index contributed by atoms with van der Waals surface area (Å²) in [6.45, 7) is 1.23. The van der Waals surface area contributed by atoms with Crippen molar-refractivity contribution in [2.75, 3.05) is 46.4 Å². The summed E-state index contributed by atoms with van der Waals surface area (Å²) in [5, 5.41) is 18.8. The Morgan fingerprint density at radius 1 is 1.18 bits per heavy atom. The number of benzene rings is 2. The molecule has 2 amide bonds. The zero-order valence-corrected chi connectivity index (χ0v) is 22.8. The highest BCUT2D eigenvalue weighted by atomic mass is 32.2. The molecule has 2 aromatic carbocycles. The molecular formula is C26H36N6O6S. The van der Waals surface area contributed by atoms with Gasteiger partial charge in [-0.25, -0.2) is 8.42 Å². The normalized spacial score (nSPS) is 21.0. The third-order valence-electron chi connectivity index (χ3n) is 7.34. The number of amides is 2. The molecule has 12 nitrogen and oxygen atoms in total. The number of nitrogens with two attached hydrogens (primary N) is 1. The van der Waals surface area contributed by atoms with Crippen LogP contribution < -0.4 is 10.5 Å². The fourth-order valence-corrected chi connectivity index (χ4v) is 6.26. The first-order valence-electron chi connectivity index (χ1n) is 13.0. The number of hydrogen-bond donors (Lipinski definition) is 4. The van der Waals surface area contributed by atoms with Crippen molar-refractivity contribution in [1.82, 2.24) is 19.4 Å². The molecule has 0 spiro atoms. The van der Waals surface area contributed by atoms with E-state index >= 15 is 0 Å². The van der Waals surface area contributed by atoms with Crippen molar-refractivity contribution in [1.29, 1.82) is 5.41 Å². The number of ether oxygens (including phenoxy) is 1. The zero-order chi connectivity index (χ0) is 28.2. The van der Waals surface area contributed by atoms with Gasteiger partial charge in [0, 0.05) is 39.3 Å². The van der Waals surface area contributed by atoms with Crippen LogP contribution in [0.2, 0.25) is 0 Å². The minimum absolute atomic E-state index is 0.0144. The minimum atomic E-state index is -4.17. The van der Waals surface area contributed by atoms with Gasteiger partial charge in [0.25, 0.3) is 0 Å². The number of morpholine rings is 1. The summed E-state index contributed by atoms with van der Waals surface area (Å²) < 4.78 is 34.8. The van der Waals surface area contributed by atoms with Gasteiger partial charge < -0.3 is 30.3 Å². The number of nitrogens with one attached hydrogen (secondary N) is 2. The molecule has 0 radical (unpaired) electrons. The van der Waals surface area contributed by atoms with E-state index in [0.717, 1.165) is 17.2 Å². The van der Waals surface area contributed by atoms with Gasteiger partial charge in [0.05, 0.1) is 30.6 Å². The van der Waals surface area contributed by atoms with Gasteiger partial charge in [-0.05, 0) is 35.7 Å². The van der Waals surface area contributed by atoms with E-state index in [0.29, 0.717) is 19.5 Å². The summed E-state index contributed by atoms with van der Waals surface area (Å²) in [6, 6.07) is 10.4. The second-order valence-electron chi connectivity index (χ2n) is 9.98. The van der Waals surface area contributed by atoms with E-state index in [1.807, 2.05) is 18.2 Å². The molecule has 0 bridgehead atoms. The molecule has 0 aliphatic carbocycles. The molecule has 2 aliphatic heterocycles. The van der Waals surface area contributed by atoms with E-state index in [2.05, 4.69) is 4.72 Å². The summed E-state index contributed by atoms with van der Waals surface area (Å²) in [4.78, 5) is 31.6. The Kier molecular flexibility index (Phi) is 9.05. The number of fused-ring (bicyclic) bond motifs is 1. The van der Waals surface area contributed by atoms with Crippen LogP contribution >= 0.6 is 0 Å². The first kappa shape index (κ1) is 28.7. The third-order valence-corrected chi connectivity index (χ3v) is 8.81. The molecule has 3 atom stereocenters. The van der Waals surface area contributed by atoms with Crippen LogP contribution in [0, 0.1) is 5.41 Å². The number of nitrogens with zero attached hydrogens (tertiary/aromatic N) is 3. The summed E-state index contributed by atoms with van der Waals surface area (Å²) in [7, 11) is -2.55. The van der Waals surface area contributed by atoms with E-state index in [9.17, 15) is 23.1 Å². The largest absolute Gasteiger partial charge is 0.394 e. The SMILES string of the molecule is CN(C(=O)CC(NS(=O)(=O)c1ccc2ccccc2c1)C(=O)N1CCOC(CO)C1)C1CCCN(C(=N)N)C1. The Morgan fingerprint density at radius 3 is 2.64 bits per heavy atom. The summed E-state index contributed by atoms with van der Waals surface area (Å²) in [6.07, 6.45) is 0.475. The molecule has 2 saturated heterocycles. The minimum Gasteiger partial charge on any atom is -0.394 e. The maximum absolute atomic E-state index is 13.6. The number of aliphatic hydroxyl groups excluding tert-OH is 1. The number of carbonyl (C=O) groups is 2. The summed E-state index contributed by atoms with van der Waals surface area (Å²) in [5.74, 6) is -1.03. The van der Waals surface area contributed by atoms with Crippen LogP contribution in [0.1, 0.15) is 19.3 Å². The monoisotopic (exact) mass is 560 g/mol. The zero-order valence-electron chi connectivity index (χ0n) is 22.0. The predicted molar refractivity (Wildman–Crippen MR) is 145 cm³/mol. The van der Waals surface area contributed by atoms with Crippen LogP contribution in [-0.2, 0) is 24.3 Å². The second kappa shape index (κ2) is 12.3. The maximum Gasteiger partial charge on any atom is 0.241 e. The van der Waals surface area contributed by atoms with E-state index < -0.39 is 34.0 Å². The predicted octanol–water partition coefficient (Wildman–Crippen LogP) is -0.0872. The fraction of sp³-hybridized carbons (Fsp3) is 0.500. The average Bonchev–Trinajstić information content (AvgIpc) is 2.95. The van der Waals surface area contributed by atoms with Gasteiger partial charge in [-0.1, -0.05) is 30.3 Å². The van der Waals surface area contributed by atoms with Crippen LogP contribution in [-0.4, -0.2) is 111 Å². The van der Waals surface area contributed by atoms with Gasteiger partial charge in [0.2, 0.25) is 21.8 Å².